The molecule has 0 amide bonds. The van der Waals surface area contributed by atoms with Crippen molar-refractivity contribution in [2.45, 2.75) is 25.6 Å². The standard InChI is InChI=1S/C14H16ClN3O2/c1-2-18-14(9(15)7-17-18)13(16)12-8-19-10-5-3-4-6-11(10)20-12/h3-7,12-13H,2,8,16H2,1H3. The third-order valence-electron chi connectivity index (χ3n) is 3.38. The van der Waals surface area contributed by atoms with Gasteiger partial charge in [-0.2, -0.15) is 5.10 Å². The Morgan fingerprint density at radius 1 is 1.45 bits per heavy atom. The Labute approximate surface area is 122 Å². The predicted molar refractivity (Wildman–Crippen MR) is 76.2 cm³/mol. The van der Waals surface area contributed by atoms with Crippen molar-refractivity contribution in [3.05, 3.63) is 41.2 Å². The largest absolute Gasteiger partial charge is 0.486 e. The fourth-order valence-electron chi connectivity index (χ4n) is 2.34. The van der Waals surface area contributed by atoms with Crippen molar-refractivity contribution in [1.82, 2.24) is 9.78 Å². The van der Waals surface area contributed by atoms with Crippen molar-refractivity contribution in [3.8, 4) is 11.5 Å². The molecular weight excluding hydrogens is 278 g/mol. The van der Waals surface area contributed by atoms with E-state index in [-0.39, 0.29) is 6.10 Å². The van der Waals surface area contributed by atoms with Crippen LogP contribution in [0.15, 0.2) is 30.5 Å². The van der Waals surface area contributed by atoms with Gasteiger partial charge in [-0.1, -0.05) is 23.7 Å². The third-order valence-corrected chi connectivity index (χ3v) is 3.67. The van der Waals surface area contributed by atoms with Crippen molar-refractivity contribution in [1.29, 1.82) is 0 Å². The molecule has 0 radical (unpaired) electrons. The lowest BCUT2D eigenvalue weighted by Gasteiger charge is -2.30. The highest BCUT2D eigenvalue weighted by Gasteiger charge is 2.31. The molecule has 2 heterocycles. The fourth-order valence-corrected chi connectivity index (χ4v) is 2.61. The molecule has 0 fully saturated rings. The van der Waals surface area contributed by atoms with Gasteiger partial charge in [0.2, 0.25) is 0 Å². The molecule has 2 N–H and O–H groups in total. The van der Waals surface area contributed by atoms with Crippen LogP contribution in [-0.2, 0) is 6.54 Å². The minimum atomic E-state index is -0.390. The van der Waals surface area contributed by atoms with E-state index in [1.165, 1.54) is 0 Å². The normalized spacial score (nSPS) is 18.9. The second-order valence-corrected chi connectivity index (χ2v) is 5.04. The topological polar surface area (TPSA) is 62.3 Å². The Hall–Kier alpha value is -1.72. The van der Waals surface area contributed by atoms with E-state index in [0.29, 0.717) is 23.9 Å². The van der Waals surface area contributed by atoms with Crippen LogP contribution in [0.2, 0.25) is 5.02 Å². The Bertz CT molecular complexity index is 614. The highest BCUT2D eigenvalue weighted by molar-refractivity contribution is 6.31. The molecule has 1 aliphatic heterocycles. The summed E-state index contributed by atoms with van der Waals surface area (Å²) in [5, 5.41) is 4.76. The number of aromatic nitrogens is 2. The number of benzene rings is 1. The van der Waals surface area contributed by atoms with Crippen LogP contribution < -0.4 is 15.2 Å². The molecule has 1 aromatic carbocycles. The van der Waals surface area contributed by atoms with Gasteiger partial charge in [0.1, 0.15) is 6.61 Å². The number of fused-ring (bicyclic) bond motifs is 1. The molecule has 106 valence electrons. The average Bonchev–Trinajstić information content (AvgIpc) is 2.87. The first kappa shape index (κ1) is 13.3. The van der Waals surface area contributed by atoms with Gasteiger partial charge in [-0.15, -0.1) is 0 Å². The molecule has 0 saturated carbocycles. The maximum absolute atomic E-state index is 6.30. The van der Waals surface area contributed by atoms with E-state index in [2.05, 4.69) is 5.10 Å². The Morgan fingerprint density at radius 3 is 2.95 bits per heavy atom. The monoisotopic (exact) mass is 293 g/mol. The van der Waals surface area contributed by atoms with Crippen LogP contribution in [0.4, 0.5) is 0 Å². The molecule has 1 aromatic heterocycles. The van der Waals surface area contributed by atoms with Gasteiger partial charge in [-0.25, -0.2) is 0 Å². The van der Waals surface area contributed by atoms with E-state index < -0.39 is 6.04 Å². The van der Waals surface area contributed by atoms with E-state index in [4.69, 9.17) is 26.8 Å². The highest BCUT2D eigenvalue weighted by atomic mass is 35.5. The third kappa shape index (κ3) is 2.23. The number of nitrogens with two attached hydrogens (primary N) is 1. The van der Waals surface area contributed by atoms with Crippen molar-refractivity contribution in [2.75, 3.05) is 6.61 Å². The van der Waals surface area contributed by atoms with Gasteiger partial charge in [0.05, 0.1) is 23.0 Å². The molecule has 2 unspecified atom stereocenters. The highest BCUT2D eigenvalue weighted by Crippen LogP contribution is 2.34. The second kappa shape index (κ2) is 5.34. The SMILES string of the molecule is CCn1ncc(Cl)c1C(N)C1COc2ccccc2O1. The zero-order valence-corrected chi connectivity index (χ0v) is 11.9. The van der Waals surface area contributed by atoms with Gasteiger partial charge in [0.25, 0.3) is 0 Å². The molecule has 6 heteroatoms. The van der Waals surface area contributed by atoms with Gasteiger partial charge in [-0.05, 0) is 19.1 Å². The second-order valence-electron chi connectivity index (χ2n) is 4.63. The summed E-state index contributed by atoms with van der Waals surface area (Å²) in [6.07, 6.45) is 1.32. The van der Waals surface area contributed by atoms with Crippen LogP contribution >= 0.6 is 11.6 Å². The molecular formula is C14H16ClN3O2. The lowest BCUT2D eigenvalue weighted by atomic mass is 10.1. The number of halogens is 1. The number of nitrogens with zero attached hydrogens (tertiary/aromatic N) is 2. The maximum atomic E-state index is 6.30. The predicted octanol–water partition coefficient (Wildman–Crippen LogP) is 2.40. The first-order valence-corrected chi connectivity index (χ1v) is 6.93. The number of rotatable bonds is 3. The summed E-state index contributed by atoms with van der Waals surface area (Å²) in [7, 11) is 0. The minimum Gasteiger partial charge on any atom is -0.486 e. The summed E-state index contributed by atoms with van der Waals surface area (Å²) in [5.74, 6) is 1.45. The summed E-state index contributed by atoms with van der Waals surface area (Å²) in [6, 6.07) is 7.16. The molecule has 0 bridgehead atoms. The van der Waals surface area contributed by atoms with Crippen LogP contribution in [0.3, 0.4) is 0 Å². The summed E-state index contributed by atoms with van der Waals surface area (Å²) < 4.78 is 13.4. The van der Waals surface area contributed by atoms with Crippen LogP contribution in [0, 0.1) is 0 Å². The van der Waals surface area contributed by atoms with Crippen molar-refractivity contribution >= 4 is 11.6 Å². The molecule has 3 rings (SSSR count). The van der Waals surface area contributed by atoms with Crippen LogP contribution in [0.25, 0.3) is 0 Å². The molecule has 0 aliphatic carbocycles. The van der Waals surface area contributed by atoms with E-state index in [0.717, 1.165) is 11.4 Å². The zero-order valence-electron chi connectivity index (χ0n) is 11.1. The van der Waals surface area contributed by atoms with E-state index in [1.807, 2.05) is 31.2 Å². The summed E-state index contributed by atoms with van der Waals surface area (Å²) >= 11 is 6.18. The number of hydrogen-bond donors (Lipinski definition) is 1. The smallest absolute Gasteiger partial charge is 0.161 e. The number of ether oxygens (including phenoxy) is 2. The summed E-state index contributed by atoms with van der Waals surface area (Å²) in [6.45, 7) is 3.09. The fraction of sp³-hybridized carbons (Fsp3) is 0.357. The van der Waals surface area contributed by atoms with Crippen molar-refractivity contribution in [3.63, 3.8) is 0 Å². The van der Waals surface area contributed by atoms with E-state index in [1.54, 1.807) is 10.9 Å². The number of hydrogen-bond acceptors (Lipinski definition) is 4. The van der Waals surface area contributed by atoms with Gasteiger partial charge in [0, 0.05) is 6.54 Å². The number of aryl methyl sites for hydroxylation is 1. The van der Waals surface area contributed by atoms with Gasteiger partial charge >= 0.3 is 0 Å². The van der Waals surface area contributed by atoms with E-state index in [9.17, 15) is 0 Å². The average molecular weight is 294 g/mol. The molecule has 2 atom stereocenters. The molecule has 2 aromatic rings. The van der Waals surface area contributed by atoms with Crippen molar-refractivity contribution in [2.24, 2.45) is 5.73 Å². The lowest BCUT2D eigenvalue weighted by molar-refractivity contribution is 0.0700. The zero-order chi connectivity index (χ0) is 14.1. The molecule has 1 aliphatic rings. The van der Waals surface area contributed by atoms with Crippen LogP contribution in [-0.4, -0.2) is 22.5 Å². The van der Waals surface area contributed by atoms with Crippen molar-refractivity contribution < 1.29 is 9.47 Å². The summed E-state index contributed by atoms with van der Waals surface area (Å²) in [5.41, 5.74) is 7.08. The Kier molecular flexibility index (Phi) is 3.54. The Balaban J connectivity index is 1.85. The maximum Gasteiger partial charge on any atom is 0.161 e. The van der Waals surface area contributed by atoms with Gasteiger partial charge < -0.3 is 15.2 Å². The van der Waals surface area contributed by atoms with Gasteiger partial charge in [0.15, 0.2) is 17.6 Å². The molecule has 5 nitrogen and oxygen atoms in total. The van der Waals surface area contributed by atoms with Gasteiger partial charge in [-0.3, -0.25) is 4.68 Å². The molecule has 0 spiro atoms. The van der Waals surface area contributed by atoms with Crippen LogP contribution in [0.1, 0.15) is 18.7 Å². The summed E-state index contributed by atoms with van der Waals surface area (Å²) in [4.78, 5) is 0. The molecule has 0 saturated heterocycles. The lowest BCUT2D eigenvalue weighted by Crippen LogP contribution is -2.40. The minimum absolute atomic E-state index is 0.288. The first-order chi connectivity index (χ1) is 9.70. The Morgan fingerprint density at radius 2 is 2.20 bits per heavy atom. The van der Waals surface area contributed by atoms with Crippen LogP contribution in [0.5, 0.6) is 11.5 Å². The quantitative estimate of drug-likeness (QED) is 0.944. The van der Waals surface area contributed by atoms with E-state index >= 15 is 0 Å². The molecule has 20 heavy (non-hydrogen) atoms. The number of para-hydroxylation sites is 2. The first-order valence-electron chi connectivity index (χ1n) is 6.56.